The summed E-state index contributed by atoms with van der Waals surface area (Å²) in [7, 11) is 1.65. The Morgan fingerprint density at radius 3 is 2.50 bits per heavy atom. The van der Waals surface area contributed by atoms with Crippen molar-refractivity contribution in [2.75, 3.05) is 7.05 Å². The van der Waals surface area contributed by atoms with Crippen LogP contribution in [0.4, 0.5) is 0 Å². The molecule has 1 aliphatic heterocycles. The fourth-order valence-electron chi connectivity index (χ4n) is 1.42. The number of carbonyl (C=O) groups excluding carboxylic acids is 1. The standard InChI is InChI=1S/C11H11N3O2/c1-14-9(10(16)13-11(14)12)6-7-2-4-8(15)5-3-7/h2-6,15H,1H3,(H2,12,13,16)/b9-6+. The summed E-state index contributed by atoms with van der Waals surface area (Å²) < 4.78 is 0. The topological polar surface area (TPSA) is 76.4 Å². The zero-order valence-electron chi connectivity index (χ0n) is 8.69. The van der Waals surface area contributed by atoms with Crippen molar-refractivity contribution in [1.29, 1.82) is 5.41 Å². The molecule has 0 atom stereocenters. The molecule has 16 heavy (non-hydrogen) atoms. The van der Waals surface area contributed by atoms with Crippen LogP contribution < -0.4 is 5.32 Å². The molecule has 2 rings (SSSR count). The maximum atomic E-state index is 11.5. The van der Waals surface area contributed by atoms with Crippen molar-refractivity contribution in [3.63, 3.8) is 0 Å². The van der Waals surface area contributed by atoms with Gasteiger partial charge in [0, 0.05) is 7.05 Å². The first kappa shape index (κ1) is 10.2. The highest BCUT2D eigenvalue weighted by atomic mass is 16.3. The first-order chi connectivity index (χ1) is 7.58. The lowest BCUT2D eigenvalue weighted by Gasteiger charge is -2.08. The van der Waals surface area contributed by atoms with E-state index in [0.29, 0.717) is 5.70 Å². The smallest absolute Gasteiger partial charge is 0.274 e. The summed E-state index contributed by atoms with van der Waals surface area (Å²) in [5, 5.41) is 18.9. The van der Waals surface area contributed by atoms with Gasteiger partial charge in [-0.1, -0.05) is 12.1 Å². The molecule has 0 aromatic heterocycles. The van der Waals surface area contributed by atoms with E-state index >= 15 is 0 Å². The van der Waals surface area contributed by atoms with Gasteiger partial charge in [-0.2, -0.15) is 0 Å². The Hall–Kier alpha value is -2.30. The van der Waals surface area contributed by atoms with Crippen molar-refractivity contribution in [2.45, 2.75) is 0 Å². The zero-order chi connectivity index (χ0) is 11.7. The molecule has 5 heteroatoms. The molecule has 0 radical (unpaired) electrons. The van der Waals surface area contributed by atoms with Crippen molar-refractivity contribution in [3.05, 3.63) is 35.5 Å². The number of amides is 1. The number of phenols is 1. The van der Waals surface area contributed by atoms with Gasteiger partial charge in [-0.05, 0) is 23.8 Å². The predicted molar refractivity (Wildman–Crippen MR) is 59.7 cm³/mol. The summed E-state index contributed by atoms with van der Waals surface area (Å²) in [5.74, 6) is -0.0466. The van der Waals surface area contributed by atoms with E-state index in [1.54, 1.807) is 37.4 Å². The van der Waals surface area contributed by atoms with Gasteiger partial charge in [0.05, 0.1) is 0 Å². The maximum absolute atomic E-state index is 11.5. The minimum absolute atomic E-state index is 0.0648. The third-order valence-electron chi connectivity index (χ3n) is 2.36. The van der Waals surface area contributed by atoms with Gasteiger partial charge >= 0.3 is 0 Å². The van der Waals surface area contributed by atoms with E-state index in [-0.39, 0.29) is 17.6 Å². The van der Waals surface area contributed by atoms with E-state index in [1.165, 1.54) is 4.90 Å². The molecule has 1 aromatic carbocycles. The van der Waals surface area contributed by atoms with Crippen LogP contribution in [0.25, 0.3) is 6.08 Å². The number of aromatic hydroxyl groups is 1. The van der Waals surface area contributed by atoms with Crippen LogP contribution in [0.5, 0.6) is 5.75 Å². The second-order valence-corrected chi connectivity index (χ2v) is 3.48. The zero-order valence-corrected chi connectivity index (χ0v) is 8.69. The number of nitrogens with zero attached hydrogens (tertiary/aromatic N) is 1. The summed E-state index contributed by atoms with van der Waals surface area (Å²) in [5.41, 5.74) is 1.21. The maximum Gasteiger partial charge on any atom is 0.274 e. The fraction of sp³-hybridized carbons (Fsp3) is 0.0909. The lowest BCUT2D eigenvalue weighted by Crippen LogP contribution is -2.25. The van der Waals surface area contributed by atoms with Crippen molar-refractivity contribution in [3.8, 4) is 5.75 Å². The van der Waals surface area contributed by atoms with Gasteiger partial charge in [-0.3, -0.25) is 15.5 Å². The van der Waals surface area contributed by atoms with Gasteiger partial charge in [0.2, 0.25) is 5.96 Å². The number of guanidine groups is 1. The lowest BCUT2D eigenvalue weighted by molar-refractivity contribution is -0.115. The van der Waals surface area contributed by atoms with Crippen molar-refractivity contribution in [1.82, 2.24) is 10.2 Å². The van der Waals surface area contributed by atoms with Gasteiger partial charge in [0.1, 0.15) is 11.4 Å². The van der Waals surface area contributed by atoms with Gasteiger partial charge in [-0.25, -0.2) is 0 Å². The largest absolute Gasteiger partial charge is 0.508 e. The number of nitrogens with one attached hydrogen (secondary N) is 2. The lowest BCUT2D eigenvalue weighted by atomic mass is 10.2. The Kier molecular flexibility index (Phi) is 2.36. The van der Waals surface area contributed by atoms with Crippen LogP contribution in [-0.4, -0.2) is 28.9 Å². The molecule has 0 bridgehead atoms. The molecule has 0 spiro atoms. The monoisotopic (exact) mass is 217 g/mol. The molecule has 1 amide bonds. The summed E-state index contributed by atoms with van der Waals surface area (Å²) in [6.07, 6.45) is 1.66. The molecule has 1 aromatic rings. The van der Waals surface area contributed by atoms with E-state index in [4.69, 9.17) is 10.5 Å². The van der Waals surface area contributed by atoms with Crippen LogP contribution in [0.3, 0.4) is 0 Å². The summed E-state index contributed by atoms with van der Waals surface area (Å²) in [6, 6.07) is 6.49. The number of likely N-dealkylation sites (N-methyl/N-ethyl adjacent to an activating group) is 1. The van der Waals surface area contributed by atoms with Crippen molar-refractivity contribution >= 4 is 17.9 Å². The van der Waals surface area contributed by atoms with E-state index in [0.717, 1.165) is 5.56 Å². The number of hydrogen-bond donors (Lipinski definition) is 3. The highest BCUT2D eigenvalue weighted by Gasteiger charge is 2.26. The average Bonchev–Trinajstić information content (AvgIpc) is 2.48. The molecule has 5 nitrogen and oxygen atoms in total. The Morgan fingerprint density at radius 1 is 1.38 bits per heavy atom. The Bertz CT molecular complexity index is 477. The number of hydrogen-bond acceptors (Lipinski definition) is 3. The first-order valence-electron chi connectivity index (χ1n) is 4.72. The van der Waals surface area contributed by atoms with Crippen LogP contribution in [0.2, 0.25) is 0 Å². The van der Waals surface area contributed by atoms with E-state index in [2.05, 4.69) is 5.32 Å². The van der Waals surface area contributed by atoms with Crippen LogP contribution in [-0.2, 0) is 4.79 Å². The third-order valence-corrected chi connectivity index (χ3v) is 2.36. The van der Waals surface area contributed by atoms with Crippen LogP contribution >= 0.6 is 0 Å². The Morgan fingerprint density at radius 2 is 2.00 bits per heavy atom. The van der Waals surface area contributed by atoms with Gasteiger partial charge < -0.3 is 10.0 Å². The van der Waals surface area contributed by atoms with Crippen molar-refractivity contribution in [2.24, 2.45) is 0 Å². The molecular weight excluding hydrogens is 206 g/mol. The van der Waals surface area contributed by atoms with E-state index < -0.39 is 0 Å². The summed E-state index contributed by atoms with van der Waals surface area (Å²) in [4.78, 5) is 12.9. The van der Waals surface area contributed by atoms with E-state index in [9.17, 15) is 4.79 Å². The fourth-order valence-corrected chi connectivity index (χ4v) is 1.42. The number of phenolic OH excluding ortho intramolecular Hbond substituents is 1. The molecule has 0 unspecified atom stereocenters. The Balaban J connectivity index is 2.34. The average molecular weight is 217 g/mol. The van der Waals surface area contributed by atoms with Gasteiger partial charge in [0.25, 0.3) is 5.91 Å². The Labute approximate surface area is 92.5 Å². The summed E-state index contributed by atoms with van der Waals surface area (Å²) >= 11 is 0. The molecule has 0 saturated carbocycles. The molecule has 82 valence electrons. The highest BCUT2D eigenvalue weighted by molar-refractivity contribution is 6.14. The quantitative estimate of drug-likeness (QED) is 0.607. The normalized spacial score (nSPS) is 18.1. The molecule has 0 aliphatic carbocycles. The second-order valence-electron chi connectivity index (χ2n) is 3.48. The minimum Gasteiger partial charge on any atom is -0.508 e. The van der Waals surface area contributed by atoms with Crippen LogP contribution in [0, 0.1) is 5.41 Å². The van der Waals surface area contributed by atoms with Gasteiger partial charge in [-0.15, -0.1) is 0 Å². The molecule has 1 saturated heterocycles. The molecule has 1 aliphatic rings. The number of rotatable bonds is 1. The summed E-state index contributed by atoms with van der Waals surface area (Å²) in [6.45, 7) is 0. The van der Waals surface area contributed by atoms with E-state index in [1.807, 2.05) is 0 Å². The van der Waals surface area contributed by atoms with Crippen molar-refractivity contribution < 1.29 is 9.90 Å². The first-order valence-corrected chi connectivity index (χ1v) is 4.72. The van der Waals surface area contributed by atoms with Crippen LogP contribution in [0.1, 0.15) is 5.56 Å². The molecular formula is C11H11N3O2. The molecule has 1 heterocycles. The highest BCUT2D eigenvalue weighted by Crippen LogP contribution is 2.16. The van der Waals surface area contributed by atoms with Crippen LogP contribution in [0.15, 0.2) is 30.0 Å². The molecule has 1 fully saturated rings. The number of benzene rings is 1. The molecule has 3 N–H and O–H groups in total. The predicted octanol–water partition coefficient (Wildman–Crippen LogP) is 0.729. The minimum atomic E-state index is -0.291. The van der Waals surface area contributed by atoms with Gasteiger partial charge in [0.15, 0.2) is 0 Å². The third kappa shape index (κ3) is 1.75. The SMILES string of the molecule is CN1C(=N)NC(=O)/C1=C\c1ccc(O)cc1. The number of carbonyl (C=O) groups is 1. The second kappa shape index (κ2) is 3.69.